The Kier molecular flexibility index (Phi) is 4.51. The second-order valence-electron chi connectivity index (χ2n) is 3.57. The van der Waals surface area contributed by atoms with Crippen molar-refractivity contribution in [2.24, 2.45) is 0 Å². The van der Waals surface area contributed by atoms with Gasteiger partial charge in [-0.15, -0.1) is 11.3 Å². The first-order valence-corrected chi connectivity index (χ1v) is 5.68. The molecule has 14 heavy (non-hydrogen) atoms. The highest BCUT2D eigenvalue weighted by molar-refractivity contribution is 7.09. The number of aromatic nitrogens is 1. The van der Waals surface area contributed by atoms with E-state index in [1.807, 2.05) is 6.92 Å². The molecule has 0 aromatic carbocycles. The lowest BCUT2D eigenvalue weighted by Gasteiger charge is -2.17. The minimum Gasteiger partial charge on any atom is -0.383 e. The van der Waals surface area contributed by atoms with Gasteiger partial charge in [0.15, 0.2) is 0 Å². The number of methoxy groups -OCH3 is 1. The summed E-state index contributed by atoms with van der Waals surface area (Å²) >= 11 is 1.70. The molecule has 2 unspecified atom stereocenters. The van der Waals surface area contributed by atoms with Crippen molar-refractivity contribution in [1.82, 2.24) is 10.3 Å². The number of hydrogen-bond acceptors (Lipinski definition) is 4. The zero-order valence-corrected chi connectivity index (χ0v) is 10.0. The minimum absolute atomic E-state index is 0.304. The summed E-state index contributed by atoms with van der Waals surface area (Å²) in [5.41, 5.74) is 1.10. The van der Waals surface area contributed by atoms with E-state index in [2.05, 4.69) is 29.5 Å². The van der Waals surface area contributed by atoms with Crippen molar-refractivity contribution < 1.29 is 4.74 Å². The molecular formula is C10H18N2OS. The maximum atomic E-state index is 5.07. The number of rotatable bonds is 5. The number of hydrogen-bond donors (Lipinski definition) is 1. The lowest BCUT2D eigenvalue weighted by Crippen LogP contribution is -2.32. The monoisotopic (exact) mass is 214 g/mol. The molecule has 0 spiro atoms. The predicted molar refractivity (Wildman–Crippen MR) is 59.7 cm³/mol. The predicted octanol–water partition coefficient (Wildman–Crippen LogP) is 2.14. The Labute approximate surface area is 89.5 Å². The van der Waals surface area contributed by atoms with Crippen LogP contribution in [0, 0.1) is 6.92 Å². The van der Waals surface area contributed by atoms with E-state index in [9.17, 15) is 0 Å². The topological polar surface area (TPSA) is 34.1 Å². The number of aryl methyl sites for hydroxylation is 1. The van der Waals surface area contributed by atoms with Crippen molar-refractivity contribution >= 4 is 11.3 Å². The van der Waals surface area contributed by atoms with Crippen LogP contribution in [0.15, 0.2) is 5.38 Å². The van der Waals surface area contributed by atoms with Gasteiger partial charge in [0.1, 0.15) is 5.01 Å². The maximum Gasteiger partial charge on any atom is 0.110 e. The summed E-state index contributed by atoms with van der Waals surface area (Å²) in [6.07, 6.45) is 0. The van der Waals surface area contributed by atoms with E-state index in [-0.39, 0.29) is 0 Å². The van der Waals surface area contributed by atoms with E-state index in [1.54, 1.807) is 18.4 Å². The van der Waals surface area contributed by atoms with E-state index in [4.69, 9.17) is 4.74 Å². The Morgan fingerprint density at radius 1 is 1.57 bits per heavy atom. The van der Waals surface area contributed by atoms with Gasteiger partial charge in [-0.25, -0.2) is 4.98 Å². The number of nitrogens with one attached hydrogen (secondary N) is 1. The molecule has 0 radical (unpaired) electrons. The second-order valence-corrected chi connectivity index (χ2v) is 4.46. The van der Waals surface area contributed by atoms with E-state index in [0.29, 0.717) is 12.1 Å². The first-order valence-electron chi connectivity index (χ1n) is 4.80. The smallest absolute Gasteiger partial charge is 0.110 e. The van der Waals surface area contributed by atoms with Gasteiger partial charge in [0.25, 0.3) is 0 Å². The molecule has 1 aromatic rings. The summed E-state index contributed by atoms with van der Waals surface area (Å²) in [7, 11) is 1.72. The van der Waals surface area contributed by atoms with Crippen molar-refractivity contribution in [3.05, 3.63) is 16.1 Å². The Balaban J connectivity index is 2.45. The van der Waals surface area contributed by atoms with Crippen LogP contribution in [0.2, 0.25) is 0 Å². The van der Waals surface area contributed by atoms with Crippen molar-refractivity contribution in [3.8, 4) is 0 Å². The molecule has 0 saturated heterocycles. The van der Waals surface area contributed by atoms with Crippen molar-refractivity contribution in [1.29, 1.82) is 0 Å². The lowest BCUT2D eigenvalue weighted by molar-refractivity contribution is 0.167. The minimum atomic E-state index is 0.304. The van der Waals surface area contributed by atoms with Crippen LogP contribution in [-0.4, -0.2) is 24.7 Å². The Morgan fingerprint density at radius 2 is 2.29 bits per heavy atom. The Morgan fingerprint density at radius 3 is 2.79 bits per heavy atom. The molecule has 1 N–H and O–H groups in total. The van der Waals surface area contributed by atoms with Crippen LogP contribution in [0.25, 0.3) is 0 Å². The summed E-state index contributed by atoms with van der Waals surface area (Å²) in [5.74, 6) is 0. The van der Waals surface area contributed by atoms with Crippen LogP contribution in [0.4, 0.5) is 0 Å². The van der Waals surface area contributed by atoms with Gasteiger partial charge >= 0.3 is 0 Å². The van der Waals surface area contributed by atoms with Crippen molar-refractivity contribution in [3.63, 3.8) is 0 Å². The molecule has 0 fully saturated rings. The second kappa shape index (κ2) is 5.44. The number of nitrogens with zero attached hydrogens (tertiary/aromatic N) is 1. The summed E-state index contributed by atoms with van der Waals surface area (Å²) in [5, 5.41) is 6.66. The van der Waals surface area contributed by atoms with Gasteiger partial charge in [0.05, 0.1) is 12.6 Å². The van der Waals surface area contributed by atoms with Crippen molar-refractivity contribution in [2.75, 3.05) is 13.7 Å². The zero-order valence-electron chi connectivity index (χ0n) is 9.20. The fraction of sp³-hybridized carbons (Fsp3) is 0.700. The van der Waals surface area contributed by atoms with E-state index >= 15 is 0 Å². The van der Waals surface area contributed by atoms with Crippen LogP contribution in [0.1, 0.15) is 30.6 Å². The van der Waals surface area contributed by atoms with E-state index < -0.39 is 0 Å². The van der Waals surface area contributed by atoms with Gasteiger partial charge in [-0.05, 0) is 20.8 Å². The highest BCUT2D eigenvalue weighted by atomic mass is 32.1. The van der Waals surface area contributed by atoms with E-state index in [0.717, 1.165) is 17.3 Å². The lowest BCUT2D eigenvalue weighted by atomic mass is 10.3. The van der Waals surface area contributed by atoms with Crippen LogP contribution in [-0.2, 0) is 4.74 Å². The molecule has 1 heterocycles. The summed E-state index contributed by atoms with van der Waals surface area (Å²) in [4.78, 5) is 4.44. The number of ether oxygens (including phenoxy) is 1. The summed E-state index contributed by atoms with van der Waals surface area (Å²) in [6, 6.07) is 0.665. The molecule has 0 aliphatic rings. The van der Waals surface area contributed by atoms with Crippen LogP contribution in [0.3, 0.4) is 0 Å². The molecule has 2 atom stereocenters. The third-order valence-electron chi connectivity index (χ3n) is 1.96. The van der Waals surface area contributed by atoms with Crippen LogP contribution in [0.5, 0.6) is 0 Å². The highest BCUT2D eigenvalue weighted by Gasteiger charge is 2.11. The van der Waals surface area contributed by atoms with Gasteiger partial charge < -0.3 is 10.1 Å². The normalized spacial score (nSPS) is 15.4. The van der Waals surface area contributed by atoms with Gasteiger partial charge in [0.2, 0.25) is 0 Å². The van der Waals surface area contributed by atoms with Gasteiger partial charge in [-0.2, -0.15) is 0 Å². The molecule has 0 aliphatic carbocycles. The van der Waals surface area contributed by atoms with Crippen LogP contribution >= 0.6 is 11.3 Å². The largest absolute Gasteiger partial charge is 0.383 e. The highest BCUT2D eigenvalue weighted by Crippen LogP contribution is 2.17. The standard InChI is InChI=1S/C10H18N2OS/c1-7(5-13-4)11-9(3)10-12-8(2)6-14-10/h6-7,9,11H,5H2,1-4H3. The molecular weight excluding hydrogens is 196 g/mol. The molecule has 3 nitrogen and oxygen atoms in total. The van der Waals surface area contributed by atoms with E-state index in [1.165, 1.54) is 0 Å². The Hall–Kier alpha value is -0.450. The average Bonchev–Trinajstić information content (AvgIpc) is 2.52. The molecule has 1 rings (SSSR count). The molecule has 80 valence electrons. The quantitative estimate of drug-likeness (QED) is 0.815. The molecule has 0 saturated carbocycles. The summed E-state index contributed by atoms with van der Waals surface area (Å²) in [6.45, 7) is 6.99. The maximum absolute atomic E-state index is 5.07. The SMILES string of the molecule is COCC(C)NC(C)c1nc(C)cs1. The molecule has 0 aliphatic heterocycles. The molecule has 1 aromatic heterocycles. The fourth-order valence-electron chi connectivity index (χ4n) is 1.37. The molecule has 0 amide bonds. The van der Waals surface area contributed by atoms with Gasteiger partial charge in [0, 0.05) is 24.2 Å². The van der Waals surface area contributed by atoms with Crippen LogP contribution < -0.4 is 5.32 Å². The third-order valence-corrected chi connectivity index (χ3v) is 3.10. The third kappa shape index (κ3) is 3.36. The first kappa shape index (κ1) is 11.6. The van der Waals surface area contributed by atoms with Gasteiger partial charge in [-0.1, -0.05) is 0 Å². The molecule has 4 heteroatoms. The summed E-state index contributed by atoms with van der Waals surface area (Å²) < 4.78 is 5.07. The Bertz CT molecular complexity index is 275. The fourth-order valence-corrected chi connectivity index (χ4v) is 2.18. The average molecular weight is 214 g/mol. The molecule has 0 bridgehead atoms. The van der Waals surface area contributed by atoms with Crippen molar-refractivity contribution in [2.45, 2.75) is 32.9 Å². The zero-order chi connectivity index (χ0) is 10.6. The number of thiazole rings is 1. The van der Waals surface area contributed by atoms with Gasteiger partial charge in [-0.3, -0.25) is 0 Å². The first-order chi connectivity index (χ1) is 6.63.